The minimum Gasteiger partial charge on any atom is -0.376 e. The van der Waals surface area contributed by atoms with Crippen LogP contribution in [0.5, 0.6) is 0 Å². The molecule has 0 amide bonds. The third kappa shape index (κ3) is 6.41. The number of rotatable bonds is 6. The Labute approximate surface area is 166 Å². The van der Waals surface area contributed by atoms with Gasteiger partial charge in [0.25, 0.3) is 0 Å². The first-order valence-electron chi connectivity index (χ1n) is 9.01. The number of likely N-dealkylation sites (tertiary alicyclic amines) is 1. The molecule has 142 valence electrons. The lowest BCUT2D eigenvalue weighted by Crippen LogP contribution is -2.47. The highest BCUT2D eigenvalue weighted by atomic mass is 127. The molecule has 7 nitrogen and oxygen atoms in total. The van der Waals surface area contributed by atoms with E-state index in [0.29, 0.717) is 18.8 Å². The van der Waals surface area contributed by atoms with E-state index in [-0.39, 0.29) is 24.0 Å². The van der Waals surface area contributed by atoms with Crippen LogP contribution in [0.15, 0.2) is 21.8 Å². The van der Waals surface area contributed by atoms with Crippen LogP contribution in [0.3, 0.4) is 0 Å². The first kappa shape index (κ1) is 20.4. The van der Waals surface area contributed by atoms with Crippen molar-refractivity contribution in [2.75, 3.05) is 32.8 Å². The Balaban J connectivity index is 0.00000225. The van der Waals surface area contributed by atoms with Crippen molar-refractivity contribution < 1.29 is 14.0 Å². The van der Waals surface area contributed by atoms with E-state index in [0.717, 1.165) is 63.8 Å². The average molecular weight is 464 g/mol. The standard InChI is InChI=1S/C17H28N4O3.HI/c1-2-18-17(19-12-14-7-11-24-20-14)21-8-5-15(6-9-21)23-13-16-4-3-10-22-16;/h7,11,15-16H,2-6,8-10,12-13H2,1H3,(H,18,19);1H. The van der Waals surface area contributed by atoms with Crippen molar-refractivity contribution in [3.63, 3.8) is 0 Å². The molecule has 1 atom stereocenters. The Morgan fingerprint density at radius 1 is 1.40 bits per heavy atom. The summed E-state index contributed by atoms with van der Waals surface area (Å²) in [6.45, 7) is 7.03. The van der Waals surface area contributed by atoms with Gasteiger partial charge in [0, 0.05) is 32.3 Å². The summed E-state index contributed by atoms with van der Waals surface area (Å²) in [4.78, 5) is 6.96. The molecule has 3 heterocycles. The van der Waals surface area contributed by atoms with E-state index in [1.54, 1.807) is 6.26 Å². The molecule has 1 N–H and O–H groups in total. The van der Waals surface area contributed by atoms with E-state index in [9.17, 15) is 0 Å². The van der Waals surface area contributed by atoms with Crippen molar-refractivity contribution in [2.24, 2.45) is 4.99 Å². The highest BCUT2D eigenvalue weighted by molar-refractivity contribution is 14.0. The lowest BCUT2D eigenvalue weighted by Gasteiger charge is -2.34. The largest absolute Gasteiger partial charge is 0.376 e. The third-order valence-corrected chi connectivity index (χ3v) is 4.50. The lowest BCUT2D eigenvalue weighted by molar-refractivity contribution is -0.0367. The Bertz CT molecular complexity index is 498. The Kier molecular flexibility index (Phi) is 8.97. The fourth-order valence-electron chi connectivity index (χ4n) is 3.15. The lowest BCUT2D eigenvalue weighted by atomic mass is 10.1. The van der Waals surface area contributed by atoms with Gasteiger partial charge in [0.2, 0.25) is 0 Å². The first-order chi connectivity index (χ1) is 11.8. The van der Waals surface area contributed by atoms with Gasteiger partial charge in [0.15, 0.2) is 5.96 Å². The van der Waals surface area contributed by atoms with Gasteiger partial charge in [-0.25, -0.2) is 4.99 Å². The van der Waals surface area contributed by atoms with E-state index >= 15 is 0 Å². The summed E-state index contributed by atoms with van der Waals surface area (Å²) in [5.74, 6) is 0.943. The average Bonchev–Trinajstić information content (AvgIpc) is 3.31. The van der Waals surface area contributed by atoms with E-state index in [2.05, 4.69) is 27.3 Å². The smallest absolute Gasteiger partial charge is 0.194 e. The number of halogens is 1. The molecule has 0 radical (unpaired) electrons. The molecule has 1 aromatic rings. The van der Waals surface area contributed by atoms with Crippen LogP contribution < -0.4 is 5.32 Å². The SMILES string of the molecule is CCNC(=NCc1ccon1)N1CCC(OCC2CCCO2)CC1.I. The summed E-state index contributed by atoms with van der Waals surface area (Å²) in [7, 11) is 0. The van der Waals surface area contributed by atoms with Crippen molar-refractivity contribution in [1.82, 2.24) is 15.4 Å². The maximum atomic E-state index is 6.04. The van der Waals surface area contributed by atoms with Gasteiger partial charge < -0.3 is 24.2 Å². The number of nitrogens with one attached hydrogen (secondary N) is 1. The molecule has 8 heteroatoms. The van der Waals surface area contributed by atoms with Gasteiger partial charge in [-0.3, -0.25) is 0 Å². The highest BCUT2D eigenvalue weighted by Gasteiger charge is 2.24. The van der Waals surface area contributed by atoms with Gasteiger partial charge in [-0.15, -0.1) is 24.0 Å². The molecule has 25 heavy (non-hydrogen) atoms. The molecule has 3 rings (SSSR count). The fraction of sp³-hybridized carbons (Fsp3) is 0.765. The summed E-state index contributed by atoms with van der Waals surface area (Å²) in [5, 5.41) is 7.27. The summed E-state index contributed by atoms with van der Waals surface area (Å²) in [6, 6.07) is 1.85. The quantitative estimate of drug-likeness (QED) is 0.396. The van der Waals surface area contributed by atoms with E-state index in [1.807, 2.05) is 6.07 Å². The monoisotopic (exact) mass is 464 g/mol. The number of ether oxygens (including phenoxy) is 2. The minimum atomic E-state index is 0. The highest BCUT2D eigenvalue weighted by Crippen LogP contribution is 2.18. The minimum absolute atomic E-state index is 0. The van der Waals surface area contributed by atoms with E-state index < -0.39 is 0 Å². The molecule has 2 saturated heterocycles. The van der Waals surface area contributed by atoms with Gasteiger partial charge >= 0.3 is 0 Å². The molecule has 1 aromatic heterocycles. The van der Waals surface area contributed by atoms with Gasteiger partial charge in [-0.05, 0) is 32.6 Å². The van der Waals surface area contributed by atoms with E-state index in [1.165, 1.54) is 6.42 Å². The topological polar surface area (TPSA) is 72.1 Å². The zero-order valence-corrected chi connectivity index (χ0v) is 17.2. The predicted octanol–water partition coefficient (Wildman–Crippen LogP) is 2.42. The molecule has 2 aliphatic heterocycles. The maximum Gasteiger partial charge on any atom is 0.194 e. The Morgan fingerprint density at radius 2 is 2.24 bits per heavy atom. The van der Waals surface area contributed by atoms with Crippen LogP contribution in [0.1, 0.15) is 38.3 Å². The van der Waals surface area contributed by atoms with Gasteiger partial charge in [0.05, 0.1) is 25.4 Å². The summed E-state index contributed by atoms with van der Waals surface area (Å²) < 4.78 is 16.5. The molecule has 0 spiro atoms. The van der Waals surface area contributed by atoms with Crippen molar-refractivity contribution in [2.45, 2.75) is 51.4 Å². The van der Waals surface area contributed by atoms with Crippen LogP contribution in [-0.4, -0.2) is 61.1 Å². The van der Waals surface area contributed by atoms with Crippen LogP contribution in [0, 0.1) is 0 Å². The van der Waals surface area contributed by atoms with Crippen LogP contribution in [0.25, 0.3) is 0 Å². The number of hydrogen-bond donors (Lipinski definition) is 1. The Morgan fingerprint density at radius 3 is 2.88 bits per heavy atom. The number of aromatic nitrogens is 1. The van der Waals surface area contributed by atoms with E-state index in [4.69, 9.17) is 14.0 Å². The predicted molar refractivity (Wildman–Crippen MR) is 106 cm³/mol. The molecule has 0 saturated carbocycles. The summed E-state index contributed by atoms with van der Waals surface area (Å²) in [5.41, 5.74) is 0.847. The van der Waals surface area contributed by atoms with Crippen LogP contribution in [0.2, 0.25) is 0 Å². The third-order valence-electron chi connectivity index (χ3n) is 4.50. The Hall–Kier alpha value is -0.870. The van der Waals surface area contributed by atoms with Gasteiger partial charge in [0.1, 0.15) is 12.0 Å². The molecule has 2 fully saturated rings. The second kappa shape index (κ2) is 11.0. The van der Waals surface area contributed by atoms with Gasteiger partial charge in [-0.2, -0.15) is 0 Å². The number of aliphatic imine (C=N–C) groups is 1. The van der Waals surface area contributed by atoms with Crippen LogP contribution in [0.4, 0.5) is 0 Å². The number of piperidine rings is 1. The first-order valence-corrected chi connectivity index (χ1v) is 9.01. The fourth-order valence-corrected chi connectivity index (χ4v) is 3.15. The van der Waals surface area contributed by atoms with Gasteiger partial charge in [-0.1, -0.05) is 5.16 Å². The van der Waals surface area contributed by atoms with Crippen molar-refractivity contribution in [3.05, 3.63) is 18.0 Å². The molecular formula is C17H29IN4O3. The second-order valence-corrected chi connectivity index (χ2v) is 6.32. The van der Waals surface area contributed by atoms with Crippen LogP contribution >= 0.6 is 24.0 Å². The number of guanidine groups is 1. The van der Waals surface area contributed by atoms with Crippen molar-refractivity contribution in [1.29, 1.82) is 0 Å². The summed E-state index contributed by atoms with van der Waals surface area (Å²) >= 11 is 0. The maximum absolute atomic E-state index is 6.04. The molecule has 1 unspecified atom stereocenters. The number of hydrogen-bond acceptors (Lipinski definition) is 5. The van der Waals surface area contributed by atoms with Crippen LogP contribution in [-0.2, 0) is 16.0 Å². The van der Waals surface area contributed by atoms with Crippen molar-refractivity contribution in [3.8, 4) is 0 Å². The molecule has 0 aliphatic carbocycles. The molecule has 0 aromatic carbocycles. The zero-order valence-electron chi connectivity index (χ0n) is 14.9. The summed E-state index contributed by atoms with van der Waals surface area (Å²) in [6.07, 6.45) is 6.59. The van der Waals surface area contributed by atoms with Crippen molar-refractivity contribution >= 4 is 29.9 Å². The molecule has 0 bridgehead atoms. The molecule has 2 aliphatic rings. The normalized spacial score (nSPS) is 22.0. The molecular weight excluding hydrogens is 435 g/mol. The number of nitrogens with zero attached hydrogens (tertiary/aromatic N) is 3. The second-order valence-electron chi connectivity index (χ2n) is 6.32. The zero-order chi connectivity index (χ0) is 16.6.